The molecule has 1 atom stereocenters. The van der Waals surface area contributed by atoms with E-state index in [0.29, 0.717) is 18.7 Å². The molecule has 1 N–H and O–H groups in total. The smallest absolute Gasteiger partial charge is 0.416 e. The van der Waals surface area contributed by atoms with E-state index in [0.717, 1.165) is 11.1 Å². The highest BCUT2D eigenvalue weighted by Crippen LogP contribution is 2.43. The van der Waals surface area contributed by atoms with Gasteiger partial charge in [-0.1, -0.05) is 74.4 Å². The summed E-state index contributed by atoms with van der Waals surface area (Å²) in [5.74, 6) is -0.424. The molecule has 1 aromatic carbocycles. The Bertz CT molecular complexity index is 740. The summed E-state index contributed by atoms with van der Waals surface area (Å²) in [5.41, 5.74) is 2.59. The highest BCUT2D eigenvalue weighted by Gasteiger charge is 2.40. The van der Waals surface area contributed by atoms with Gasteiger partial charge in [-0.3, -0.25) is 4.90 Å². The monoisotopic (exact) mass is 389 g/mol. The lowest BCUT2D eigenvalue weighted by atomic mass is 9.75. The quantitative estimate of drug-likeness (QED) is 0.751. The van der Waals surface area contributed by atoms with Gasteiger partial charge in [0.05, 0.1) is 0 Å². The molecule has 0 saturated carbocycles. The van der Waals surface area contributed by atoms with E-state index in [1.54, 1.807) is 0 Å². The van der Waals surface area contributed by atoms with E-state index in [1.807, 2.05) is 0 Å². The molecule has 1 fully saturated rings. The molecule has 0 bridgehead atoms. The first-order valence-electron chi connectivity index (χ1n) is 9.94. The number of nitrogens with zero attached hydrogens (tertiary/aromatic N) is 1. The van der Waals surface area contributed by atoms with Gasteiger partial charge in [0.1, 0.15) is 11.8 Å². The summed E-state index contributed by atoms with van der Waals surface area (Å²) in [7, 11) is 0. The molecule has 0 aliphatic carbocycles. The van der Waals surface area contributed by atoms with Gasteiger partial charge in [0.2, 0.25) is 0 Å². The maximum atomic E-state index is 12.8. The van der Waals surface area contributed by atoms with Gasteiger partial charge in [0, 0.05) is 17.7 Å². The molecule has 1 heterocycles. The van der Waals surface area contributed by atoms with Gasteiger partial charge in [-0.15, -0.1) is 0 Å². The largest absolute Gasteiger partial charge is 0.480 e. The van der Waals surface area contributed by atoms with Crippen molar-refractivity contribution < 1.29 is 19.4 Å². The maximum Gasteiger partial charge on any atom is 0.416 e. The number of aliphatic carboxylic acids is 1. The van der Waals surface area contributed by atoms with Crippen molar-refractivity contribution in [1.29, 1.82) is 0 Å². The van der Waals surface area contributed by atoms with Gasteiger partial charge < -0.3 is 9.84 Å². The molecule has 1 aliphatic heterocycles. The molecule has 1 amide bonds. The number of carboxylic acids is 1. The number of rotatable bonds is 2. The summed E-state index contributed by atoms with van der Waals surface area (Å²) in [6.45, 7) is 19.5. The molecular weight excluding hydrogens is 354 g/mol. The third-order valence-corrected chi connectivity index (χ3v) is 5.30. The lowest BCUT2D eigenvalue weighted by Crippen LogP contribution is -2.56. The van der Waals surface area contributed by atoms with Gasteiger partial charge in [-0.25, -0.2) is 9.59 Å². The summed E-state index contributed by atoms with van der Waals surface area (Å²) in [6.07, 6.45) is -0.121. The Morgan fingerprint density at radius 3 is 1.68 bits per heavy atom. The topological polar surface area (TPSA) is 66.8 Å². The summed E-state index contributed by atoms with van der Waals surface area (Å²) >= 11 is 0. The molecule has 1 aromatic rings. The Hall–Kier alpha value is -2.04. The Morgan fingerprint density at radius 1 is 0.929 bits per heavy atom. The van der Waals surface area contributed by atoms with E-state index >= 15 is 0 Å². The zero-order valence-corrected chi connectivity index (χ0v) is 18.8. The summed E-state index contributed by atoms with van der Waals surface area (Å²) < 4.78 is 5.91. The Kier molecular flexibility index (Phi) is 5.63. The number of carboxylic acid groups (broad SMARTS) is 1. The van der Waals surface area contributed by atoms with Gasteiger partial charge in [-0.05, 0) is 28.2 Å². The second kappa shape index (κ2) is 7.09. The molecule has 0 unspecified atom stereocenters. The van der Waals surface area contributed by atoms with Crippen molar-refractivity contribution in [3.8, 4) is 5.75 Å². The molecule has 5 nitrogen and oxygen atoms in total. The predicted octanol–water partition coefficient (Wildman–Crippen LogP) is 5.24. The van der Waals surface area contributed by atoms with Gasteiger partial charge in [-0.2, -0.15) is 0 Å². The van der Waals surface area contributed by atoms with Crippen LogP contribution in [-0.4, -0.2) is 34.7 Å². The van der Waals surface area contributed by atoms with Crippen molar-refractivity contribution in [2.45, 2.75) is 91.0 Å². The van der Waals surface area contributed by atoms with Crippen molar-refractivity contribution in [2.24, 2.45) is 0 Å². The van der Waals surface area contributed by atoms with E-state index in [-0.39, 0.29) is 16.2 Å². The van der Waals surface area contributed by atoms with Gasteiger partial charge in [0.25, 0.3) is 0 Å². The minimum Gasteiger partial charge on any atom is -0.480 e. The number of hydrogen-bond donors (Lipinski definition) is 1. The molecule has 0 radical (unpaired) electrons. The van der Waals surface area contributed by atoms with Crippen LogP contribution in [0.25, 0.3) is 0 Å². The van der Waals surface area contributed by atoms with Crippen LogP contribution >= 0.6 is 0 Å². The van der Waals surface area contributed by atoms with Crippen LogP contribution in [-0.2, 0) is 21.0 Å². The van der Waals surface area contributed by atoms with Crippen molar-refractivity contribution in [3.63, 3.8) is 0 Å². The number of hydrogen-bond acceptors (Lipinski definition) is 3. The molecule has 28 heavy (non-hydrogen) atoms. The normalized spacial score (nSPS) is 17.9. The van der Waals surface area contributed by atoms with Crippen LogP contribution in [0.3, 0.4) is 0 Å². The summed E-state index contributed by atoms with van der Waals surface area (Å²) in [5, 5.41) is 9.26. The molecule has 0 spiro atoms. The van der Waals surface area contributed by atoms with E-state index in [2.05, 4.69) is 74.4 Å². The molecular formula is C23H35NO4. The molecule has 0 aromatic heterocycles. The van der Waals surface area contributed by atoms with Crippen LogP contribution in [0, 0.1) is 0 Å². The highest BCUT2D eigenvalue weighted by molar-refractivity contribution is 5.83. The number of likely N-dealkylation sites (tertiary alicyclic amines) is 1. The number of amides is 1. The molecule has 156 valence electrons. The molecule has 1 aliphatic rings. The minimum atomic E-state index is -0.988. The Labute approximate surface area is 169 Å². The number of carbonyl (C=O) groups is 2. The third kappa shape index (κ3) is 4.50. The van der Waals surface area contributed by atoms with Crippen molar-refractivity contribution in [1.82, 2.24) is 4.90 Å². The fourth-order valence-corrected chi connectivity index (χ4v) is 3.29. The highest BCUT2D eigenvalue weighted by atomic mass is 16.6. The lowest BCUT2D eigenvalue weighted by Gasteiger charge is -2.38. The third-order valence-electron chi connectivity index (χ3n) is 5.30. The minimum absolute atomic E-state index is 0.0472. The molecule has 2 rings (SSSR count). The van der Waals surface area contributed by atoms with Crippen LogP contribution in [0.4, 0.5) is 4.79 Å². The van der Waals surface area contributed by atoms with Crippen LogP contribution in [0.15, 0.2) is 12.1 Å². The Balaban J connectivity index is 2.60. The summed E-state index contributed by atoms with van der Waals surface area (Å²) in [4.78, 5) is 25.4. The van der Waals surface area contributed by atoms with Crippen molar-refractivity contribution >= 4 is 12.1 Å². The fraction of sp³-hybridized carbons (Fsp3) is 0.652. The van der Waals surface area contributed by atoms with E-state index in [9.17, 15) is 14.7 Å². The van der Waals surface area contributed by atoms with Crippen LogP contribution in [0.1, 0.15) is 85.4 Å². The lowest BCUT2D eigenvalue weighted by molar-refractivity contribution is -0.146. The van der Waals surface area contributed by atoms with Gasteiger partial charge >= 0.3 is 12.1 Å². The first-order valence-corrected chi connectivity index (χ1v) is 9.94. The number of benzene rings is 1. The first kappa shape index (κ1) is 22.3. The standard InChI is InChI=1S/C23H35NO4/c1-21(2,3)14-12-15(22(4,5)6)18(16(13-14)23(7,8)9)28-20(27)24-11-10-17(24)19(25)26/h12-13,17H,10-11H2,1-9H3,(H,25,26)/t17-/m0/s1. The van der Waals surface area contributed by atoms with E-state index in [1.165, 1.54) is 10.5 Å². The average molecular weight is 390 g/mol. The SMILES string of the molecule is CC(C)(C)c1cc(C(C)(C)C)c(OC(=O)N2CC[C@H]2C(=O)O)c(C(C)(C)C)c1. The predicted molar refractivity (Wildman–Crippen MR) is 111 cm³/mol. The summed E-state index contributed by atoms with van der Waals surface area (Å²) in [6, 6.07) is 3.46. The average Bonchev–Trinajstić information content (AvgIpc) is 2.41. The van der Waals surface area contributed by atoms with Crippen molar-refractivity contribution in [3.05, 3.63) is 28.8 Å². The Morgan fingerprint density at radius 2 is 1.39 bits per heavy atom. The fourth-order valence-electron chi connectivity index (χ4n) is 3.29. The zero-order valence-electron chi connectivity index (χ0n) is 18.8. The van der Waals surface area contributed by atoms with E-state index < -0.39 is 18.1 Å². The van der Waals surface area contributed by atoms with Gasteiger partial charge in [0.15, 0.2) is 0 Å². The van der Waals surface area contributed by atoms with Crippen LogP contribution in [0.2, 0.25) is 0 Å². The molecule has 1 saturated heterocycles. The molecule has 5 heteroatoms. The van der Waals surface area contributed by atoms with Crippen LogP contribution in [0.5, 0.6) is 5.75 Å². The number of ether oxygens (including phenoxy) is 1. The maximum absolute atomic E-state index is 12.8. The van der Waals surface area contributed by atoms with Crippen molar-refractivity contribution in [2.75, 3.05) is 6.54 Å². The van der Waals surface area contributed by atoms with E-state index in [4.69, 9.17) is 4.74 Å². The first-order chi connectivity index (χ1) is 12.5. The number of carbonyl (C=O) groups excluding carboxylic acids is 1. The second-order valence-corrected chi connectivity index (χ2v) is 10.9. The zero-order chi connectivity index (χ0) is 21.7. The van der Waals surface area contributed by atoms with Crippen LogP contribution < -0.4 is 4.74 Å². The second-order valence-electron chi connectivity index (χ2n) is 10.9.